The molecule has 2 heterocycles. The predicted molar refractivity (Wildman–Crippen MR) is 118 cm³/mol. The quantitative estimate of drug-likeness (QED) is 0.671. The lowest BCUT2D eigenvalue weighted by atomic mass is 9.72. The van der Waals surface area contributed by atoms with E-state index in [0.717, 1.165) is 10.5 Å². The minimum Gasteiger partial charge on any atom is -0.465 e. The van der Waals surface area contributed by atoms with Crippen molar-refractivity contribution >= 4 is 29.4 Å². The van der Waals surface area contributed by atoms with Crippen LogP contribution < -0.4 is 5.32 Å². The van der Waals surface area contributed by atoms with Crippen molar-refractivity contribution in [3.05, 3.63) is 34.9 Å². The van der Waals surface area contributed by atoms with Crippen molar-refractivity contribution in [3.63, 3.8) is 0 Å². The molecule has 0 spiro atoms. The minimum absolute atomic E-state index is 0.167. The van der Waals surface area contributed by atoms with Gasteiger partial charge >= 0.3 is 6.09 Å². The van der Waals surface area contributed by atoms with Gasteiger partial charge in [-0.1, -0.05) is 23.7 Å². The highest BCUT2D eigenvalue weighted by atomic mass is 35.5. The van der Waals surface area contributed by atoms with Crippen LogP contribution >= 0.6 is 11.6 Å². The van der Waals surface area contributed by atoms with E-state index in [1.54, 1.807) is 17.0 Å². The summed E-state index contributed by atoms with van der Waals surface area (Å²) < 4.78 is 26.3. The number of alkyl halides is 2. The molecule has 2 atom stereocenters. The number of nitrogens with zero attached hydrogens (tertiary/aromatic N) is 2. The Morgan fingerprint density at radius 1 is 1.12 bits per heavy atom. The van der Waals surface area contributed by atoms with Crippen molar-refractivity contribution in [3.8, 4) is 0 Å². The van der Waals surface area contributed by atoms with E-state index in [4.69, 9.17) is 11.6 Å². The number of hydrogen-bond acceptors (Lipinski definition) is 4. The Bertz CT molecular complexity index is 928. The smallest absolute Gasteiger partial charge is 0.407 e. The molecule has 1 aliphatic carbocycles. The number of carboxylic acid groups (broad SMARTS) is 1. The molecule has 0 aromatic heterocycles. The van der Waals surface area contributed by atoms with E-state index >= 15 is 0 Å². The monoisotopic (exact) mass is 483 g/mol. The minimum atomic E-state index is -2.76. The molecule has 1 aromatic rings. The number of carbonyl (C=O) groups is 3. The Hall–Kier alpha value is -2.26. The fraction of sp³-hybridized carbons (Fsp3) is 0.609. The molecule has 2 saturated heterocycles. The number of amides is 2. The molecule has 0 radical (unpaired) electrons. The van der Waals surface area contributed by atoms with Crippen molar-refractivity contribution < 1.29 is 28.3 Å². The molecule has 2 aliphatic heterocycles. The van der Waals surface area contributed by atoms with Gasteiger partial charge in [-0.15, -0.1) is 0 Å². The second kappa shape index (κ2) is 8.83. The van der Waals surface area contributed by atoms with E-state index in [-0.39, 0.29) is 24.2 Å². The lowest BCUT2D eigenvalue weighted by molar-refractivity contribution is -0.161. The van der Waals surface area contributed by atoms with Crippen LogP contribution in [0.4, 0.5) is 13.6 Å². The van der Waals surface area contributed by atoms with Gasteiger partial charge in [0, 0.05) is 68.8 Å². The summed E-state index contributed by atoms with van der Waals surface area (Å²) in [6.07, 6.45) is -1.24. The van der Waals surface area contributed by atoms with Crippen LogP contribution in [0.15, 0.2) is 24.3 Å². The molecule has 4 rings (SSSR count). The summed E-state index contributed by atoms with van der Waals surface area (Å²) in [6, 6.07) is 7.07. The number of rotatable bonds is 5. The lowest BCUT2D eigenvalue weighted by Gasteiger charge is -2.44. The SMILES string of the molecule is CN(C(=O)O)[C@]1(C(=O)C2CCN(C(=O)C3CC(F)(F)C3)CC2)CNC[C@H]1c1ccc(Cl)cc1. The van der Waals surface area contributed by atoms with E-state index in [1.807, 2.05) is 12.1 Å². The van der Waals surface area contributed by atoms with Gasteiger partial charge in [-0.25, -0.2) is 13.6 Å². The Morgan fingerprint density at radius 2 is 1.73 bits per heavy atom. The third-order valence-corrected chi connectivity index (χ3v) is 7.77. The number of likely N-dealkylation sites (N-methyl/N-ethyl adjacent to an activating group) is 1. The Balaban J connectivity index is 1.52. The Labute approximate surface area is 196 Å². The molecule has 3 aliphatic rings. The van der Waals surface area contributed by atoms with Crippen LogP contribution in [0.5, 0.6) is 0 Å². The van der Waals surface area contributed by atoms with E-state index in [1.165, 1.54) is 7.05 Å². The number of ketones is 1. The fourth-order valence-corrected chi connectivity index (χ4v) is 5.67. The second-order valence-corrected chi connectivity index (χ2v) is 9.86. The van der Waals surface area contributed by atoms with E-state index < -0.39 is 42.2 Å². The van der Waals surface area contributed by atoms with Gasteiger partial charge in [0.1, 0.15) is 5.54 Å². The van der Waals surface area contributed by atoms with Gasteiger partial charge < -0.3 is 15.3 Å². The van der Waals surface area contributed by atoms with Crippen molar-refractivity contribution in [2.45, 2.75) is 43.1 Å². The van der Waals surface area contributed by atoms with Gasteiger partial charge in [-0.05, 0) is 30.5 Å². The topological polar surface area (TPSA) is 90.0 Å². The largest absolute Gasteiger partial charge is 0.465 e. The molecule has 2 amide bonds. The average molecular weight is 484 g/mol. The highest BCUT2D eigenvalue weighted by molar-refractivity contribution is 6.30. The Morgan fingerprint density at radius 3 is 2.27 bits per heavy atom. The molecule has 1 saturated carbocycles. The first-order valence-corrected chi connectivity index (χ1v) is 11.6. The number of carbonyl (C=O) groups excluding carboxylic acids is 2. The standard InChI is InChI=1S/C23H28ClF2N3O4/c1-28(21(32)33)23(13-27-12-18(23)14-2-4-17(24)5-3-14)19(30)15-6-8-29(9-7-15)20(31)16-10-22(25,26)11-16/h2-5,15-16,18,27H,6-13H2,1H3,(H,32,33)/t18-,23+/m0/s1. The number of benzene rings is 1. The average Bonchev–Trinajstić information content (AvgIpc) is 3.22. The third-order valence-electron chi connectivity index (χ3n) is 7.52. The summed E-state index contributed by atoms with van der Waals surface area (Å²) in [5, 5.41) is 13.6. The molecule has 3 fully saturated rings. The van der Waals surface area contributed by atoms with E-state index in [2.05, 4.69) is 5.32 Å². The highest BCUT2D eigenvalue weighted by Gasteiger charge is 2.56. The molecule has 1 aromatic carbocycles. The van der Waals surface area contributed by atoms with Crippen LogP contribution in [0.2, 0.25) is 5.02 Å². The normalized spacial score (nSPS) is 27.8. The van der Waals surface area contributed by atoms with Crippen molar-refractivity contribution in [2.75, 3.05) is 33.2 Å². The van der Waals surface area contributed by atoms with Crippen LogP contribution in [-0.4, -0.2) is 77.4 Å². The lowest BCUT2D eigenvalue weighted by Crippen LogP contribution is -2.62. The van der Waals surface area contributed by atoms with Crippen LogP contribution in [-0.2, 0) is 9.59 Å². The molecule has 33 heavy (non-hydrogen) atoms. The molecule has 180 valence electrons. The van der Waals surface area contributed by atoms with Crippen molar-refractivity contribution in [2.24, 2.45) is 11.8 Å². The summed E-state index contributed by atoms with van der Waals surface area (Å²) in [7, 11) is 1.42. The zero-order valence-electron chi connectivity index (χ0n) is 18.4. The van der Waals surface area contributed by atoms with Crippen LogP contribution in [0, 0.1) is 11.8 Å². The molecule has 0 bridgehead atoms. The number of halogens is 3. The maximum Gasteiger partial charge on any atom is 0.407 e. The van der Waals surface area contributed by atoms with Gasteiger partial charge in [0.25, 0.3) is 0 Å². The summed E-state index contributed by atoms with van der Waals surface area (Å²) in [5.74, 6) is -4.65. The third kappa shape index (κ3) is 4.33. The van der Waals surface area contributed by atoms with Crippen LogP contribution in [0.25, 0.3) is 0 Å². The van der Waals surface area contributed by atoms with Gasteiger partial charge in [-0.3, -0.25) is 14.5 Å². The van der Waals surface area contributed by atoms with Crippen molar-refractivity contribution in [1.29, 1.82) is 0 Å². The van der Waals surface area contributed by atoms with Crippen LogP contribution in [0.1, 0.15) is 37.2 Å². The number of nitrogens with one attached hydrogen (secondary N) is 1. The number of Topliss-reactive ketones (excluding diaryl/α,β-unsaturated/α-hetero) is 1. The van der Waals surface area contributed by atoms with E-state index in [0.29, 0.717) is 37.5 Å². The molecular formula is C23H28ClF2N3O4. The van der Waals surface area contributed by atoms with Crippen molar-refractivity contribution in [1.82, 2.24) is 15.1 Å². The maximum atomic E-state index is 13.9. The molecule has 7 nitrogen and oxygen atoms in total. The molecular weight excluding hydrogens is 456 g/mol. The maximum absolute atomic E-state index is 13.9. The zero-order chi connectivity index (χ0) is 24.0. The molecule has 0 unspecified atom stereocenters. The first-order chi connectivity index (χ1) is 15.5. The fourth-order valence-electron chi connectivity index (χ4n) is 5.54. The molecule has 10 heteroatoms. The van der Waals surface area contributed by atoms with Gasteiger partial charge in [-0.2, -0.15) is 0 Å². The van der Waals surface area contributed by atoms with E-state index in [9.17, 15) is 28.3 Å². The number of likely N-dealkylation sites (tertiary alicyclic amines) is 1. The summed E-state index contributed by atoms with van der Waals surface area (Å²) >= 11 is 6.02. The van der Waals surface area contributed by atoms with Gasteiger partial charge in [0.15, 0.2) is 5.78 Å². The summed E-state index contributed by atoms with van der Waals surface area (Å²) in [4.78, 5) is 41.1. The zero-order valence-corrected chi connectivity index (χ0v) is 19.2. The second-order valence-electron chi connectivity index (χ2n) is 9.43. The predicted octanol–water partition coefficient (Wildman–Crippen LogP) is 3.23. The first-order valence-electron chi connectivity index (χ1n) is 11.2. The first kappa shape index (κ1) is 23.9. The summed E-state index contributed by atoms with van der Waals surface area (Å²) in [5.41, 5.74) is -0.462. The summed E-state index contributed by atoms with van der Waals surface area (Å²) in [6.45, 7) is 1.25. The van der Waals surface area contributed by atoms with Crippen LogP contribution in [0.3, 0.4) is 0 Å². The number of piperidine rings is 1. The Kier molecular flexibility index (Phi) is 6.39. The number of hydrogen-bond donors (Lipinski definition) is 2. The van der Waals surface area contributed by atoms with Gasteiger partial charge in [0.05, 0.1) is 0 Å². The molecule has 2 N–H and O–H groups in total. The highest BCUT2D eigenvalue weighted by Crippen LogP contribution is 2.44. The van der Waals surface area contributed by atoms with Gasteiger partial charge in [0.2, 0.25) is 11.8 Å².